The van der Waals surface area contributed by atoms with Gasteiger partial charge in [0.15, 0.2) is 5.82 Å². The van der Waals surface area contributed by atoms with Crippen LogP contribution in [0.5, 0.6) is 0 Å². The number of amides is 1. The molecule has 1 unspecified atom stereocenters. The topological polar surface area (TPSA) is 127 Å². The van der Waals surface area contributed by atoms with E-state index in [-0.39, 0.29) is 67.3 Å². The summed E-state index contributed by atoms with van der Waals surface area (Å²) in [4.78, 5) is 21.4. The van der Waals surface area contributed by atoms with Crippen molar-refractivity contribution in [3.8, 4) is 34.7 Å². The Morgan fingerprint density at radius 3 is 2.55 bits per heavy atom. The first-order valence-electron chi connectivity index (χ1n) is 14.8. The average molecular weight is 644 g/mol. The summed E-state index contributed by atoms with van der Waals surface area (Å²) < 4.78 is 59.5. The number of likely N-dealkylation sites (tertiary alicyclic amines) is 1. The van der Waals surface area contributed by atoms with Crippen molar-refractivity contribution in [3.05, 3.63) is 76.6 Å². The van der Waals surface area contributed by atoms with Crippen LogP contribution in [0.1, 0.15) is 52.4 Å². The predicted molar refractivity (Wildman–Crippen MR) is 164 cm³/mol. The van der Waals surface area contributed by atoms with Gasteiger partial charge in [0.05, 0.1) is 36.2 Å². The first-order chi connectivity index (χ1) is 22.4. The van der Waals surface area contributed by atoms with E-state index in [0.717, 1.165) is 6.07 Å². The SMILES string of the molecule is Cn1cnnc1-c1ccc(C#N)cc1-c1cc(NCCC#N)nc(N2Cc3c(cc(CN4CCC(C)(F)C4)cc3C(F)(F)F)C2=O)c1. The summed E-state index contributed by atoms with van der Waals surface area (Å²) in [6.07, 6.45) is -2.78. The Morgan fingerprint density at radius 1 is 1.09 bits per heavy atom. The van der Waals surface area contributed by atoms with Crippen LogP contribution in [0.15, 0.2) is 48.8 Å². The van der Waals surface area contributed by atoms with Crippen LogP contribution in [0, 0.1) is 22.7 Å². The molecule has 1 fully saturated rings. The third kappa shape index (κ3) is 6.37. The average Bonchev–Trinajstić information content (AvgIpc) is 3.71. The first kappa shape index (κ1) is 31.6. The highest BCUT2D eigenvalue weighted by atomic mass is 19.4. The van der Waals surface area contributed by atoms with E-state index in [9.17, 15) is 27.6 Å². The molecule has 10 nitrogen and oxygen atoms in total. The number of carbonyl (C=O) groups excluding carboxylic acids is 1. The molecule has 4 heterocycles. The van der Waals surface area contributed by atoms with Gasteiger partial charge in [0, 0.05) is 44.4 Å². The van der Waals surface area contributed by atoms with Gasteiger partial charge in [0.25, 0.3) is 5.91 Å². The van der Waals surface area contributed by atoms with E-state index in [1.54, 1.807) is 46.8 Å². The predicted octanol–water partition coefficient (Wildman–Crippen LogP) is 5.85. The lowest BCUT2D eigenvalue weighted by molar-refractivity contribution is -0.138. The number of carbonyl (C=O) groups is 1. The Hall–Kier alpha value is -5.34. The van der Waals surface area contributed by atoms with Gasteiger partial charge in [-0.15, -0.1) is 10.2 Å². The lowest BCUT2D eigenvalue weighted by atomic mass is 9.97. The molecular weight excluding hydrogens is 614 g/mol. The van der Waals surface area contributed by atoms with Gasteiger partial charge in [0.1, 0.15) is 23.6 Å². The van der Waals surface area contributed by atoms with E-state index < -0.39 is 23.3 Å². The minimum absolute atomic E-state index is 0.0733. The maximum atomic E-state index is 14.5. The molecule has 1 amide bonds. The molecular formula is C33H29F4N9O. The number of halogens is 4. The van der Waals surface area contributed by atoms with Gasteiger partial charge >= 0.3 is 6.18 Å². The Kier molecular flexibility index (Phi) is 8.15. The Labute approximate surface area is 267 Å². The zero-order valence-corrected chi connectivity index (χ0v) is 25.6. The standard InChI is InChI=1S/C33H29F4N9O/c1-32(34)6-9-45(18-32)16-21-11-25-26(27(12-21)33(35,36)37)17-46(31(25)47)29-14-22(13-28(42-29)40-8-3-7-38)24-10-20(15-39)4-5-23(24)30-43-41-19-44(30)2/h4-5,10-14,19H,3,6,8-9,16-18H2,1-2H3,(H,40,42). The van der Waals surface area contributed by atoms with Crippen LogP contribution in [0.2, 0.25) is 0 Å². The van der Waals surface area contributed by atoms with Crippen molar-refractivity contribution >= 4 is 17.5 Å². The van der Waals surface area contributed by atoms with E-state index in [1.165, 1.54) is 24.2 Å². The fourth-order valence-electron chi connectivity index (χ4n) is 6.13. The number of aryl methyl sites for hydroxylation is 1. The van der Waals surface area contributed by atoms with Crippen molar-refractivity contribution in [2.75, 3.05) is 29.9 Å². The van der Waals surface area contributed by atoms with E-state index in [2.05, 4.69) is 26.6 Å². The Bertz CT molecular complexity index is 1950. The van der Waals surface area contributed by atoms with Crippen molar-refractivity contribution in [3.63, 3.8) is 0 Å². The summed E-state index contributed by atoms with van der Waals surface area (Å²) in [6, 6.07) is 14.9. The maximum Gasteiger partial charge on any atom is 0.416 e. The fourth-order valence-corrected chi connectivity index (χ4v) is 6.13. The number of hydrogen-bond acceptors (Lipinski definition) is 8. The number of nitrogens with one attached hydrogen (secondary N) is 1. The monoisotopic (exact) mass is 643 g/mol. The summed E-state index contributed by atoms with van der Waals surface area (Å²) in [5.74, 6) is 0.204. The molecule has 2 aromatic carbocycles. The molecule has 6 rings (SSSR count). The molecule has 0 saturated carbocycles. The number of pyridine rings is 1. The van der Waals surface area contributed by atoms with E-state index >= 15 is 0 Å². The van der Waals surface area contributed by atoms with Crippen molar-refractivity contribution in [2.45, 2.75) is 44.7 Å². The number of alkyl halides is 4. The number of anilines is 2. The summed E-state index contributed by atoms with van der Waals surface area (Å²) in [5, 5.41) is 30.0. The third-order valence-electron chi connectivity index (χ3n) is 8.36. The molecule has 1 saturated heterocycles. The Balaban J connectivity index is 1.44. The minimum atomic E-state index is -4.74. The highest BCUT2D eigenvalue weighted by Gasteiger charge is 2.41. The number of nitriles is 2. The zero-order chi connectivity index (χ0) is 33.5. The van der Waals surface area contributed by atoms with Crippen molar-refractivity contribution < 1.29 is 22.4 Å². The van der Waals surface area contributed by atoms with Gasteiger partial charge < -0.3 is 9.88 Å². The van der Waals surface area contributed by atoms with Crippen LogP contribution < -0.4 is 10.2 Å². The third-order valence-corrected chi connectivity index (χ3v) is 8.36. The first-order valence-corrected chi connectivity index (χ1v) is 14.8. The van der Waals surface area contributed by atoms with Gasteiger partial charge in [-0.25, -0.2) is 9.37 Å². The number of hydrogen-bond donors (Lipinski definition) is 1. The lowest BCUT2D eigenvalue weighted by Crippen LogP contribution is -2.26. The summed E-state index contributed by atoms with van der Waals surface area (Å²) >= 11 is 0. The smallest absolute Gasteiger partial charge is 0.369 e. The van der Waals surface area contributed by atoms with Crippen LogP contribution in [0.4, 0.5) is 29.2 Å². The summed E-state index contributed by atoms with van der Waals surface area (Å²) in [7, 11) is 1.76. The highest BCUT2D eigenvalue weighted by molar-refractivity contribution is 6.10. The summed E-state index contributed by atoms with van der Waals surface area (Å²) in [5.41, 5.74) is -0.296. The van der Waals surface area contributed by atoms with Crippen molar-refractivity contribution in [1.82, 2.24) is 24.6 Å². The number of benzene rings is 2. The molecule has 1 N–H and O–H groups in total. The Morgan fingerprint density at radius 2 is 1.89 bits per heavy atom. The molecule has 0 radical (unpaired) electrons. The molecule has 0 spiro atoms. The van der Waals surface area contributed by atoms with Gasteiger partial charge in [0.2, 0.25) is 0 Å². The van der Waals surface area contributed by atoms with Gasteiger partial charge in [-0.3, -0.25) is 14.6 Å². The van der Waals surface area contributed by atoms with Crippen molar-refractivity contribution in [1.29, 1.82) is 10.5 Å². The molecule has 14 heteroatoms. The molecule has 2 aliphatic heterocycles. The fraction of sp³-hybridized carbons (Fsp3) is 0.333. The molecule has 0 bridgehead atoms. The van der Waals surface area contributed by atoms with Crippen LogP contribution >= 0.6 is 0 Å². The van der Waals surface area contributed by atoms with Crippen LogP contribution in [-0.4, -0.2) is 55.9 Å². The molecule has 240 valence electrons. The second kappa shape index (κ2) is 12.1. The quantitative estimate of drug-likeness (QED) is 0.187. The molecule has 2 aliphatic rings. The number of fused-ring (bicyclic) bond motifs is 1. The maximum absolute atomic E-state index is 14.5. The number of rotatable bonds is 8. The minimum Gasteiger partial charge on any atom is -0.369 e. The summed E-state index contributed by atoms with van der Waals surface area (Å²) in [6.45, 7) is 1.88. The zero-order valence-electron chi connectivity index (χ0n) is 25.6. The van der Waals surface area contributed by atoms with Gasteiger partial charge in [-0.1, -0.05) is 0 Å². The van der Waals surface area contributed by atoms with E-state index in [4.69, 9.17) is 5.26 Å². The van der Waals surface area contributed by atoms with Gasteiger partial charge in [-0.05, 0) is 78.1 Å². The lowest BCUT2D eigenvalue weighted by Gasteiger charge is -2.19. The largest absolute Gasteiger partial charge is 0.416 e. The molecule has 47 heavy (non-hydrogen) atoms. The van der Waals surface area contributed by atoms with Crippen LogP contribution in [-0.2, 0) is 26.3 Å². The highest BCUT2D eigenvalue weighted by Crippen LogP contribution is 2.41. The molecule has 1 atom stereocenters. The van der Waals surface area contributed by atoms with E-state index in [0.29, 0.717) is 34.6 Å². The van der Waals surface area contributed by atoms with Gasteiger partial charge in [-0.2, -0.15) is 23.7 Å². The molecule has 2 aromatic heterocycles. The second-order valence-electron chi connectivity index (χ2n) is 12.0. The molecule has 0 aliphatic carbocycles. The van der Waals surface area contributed by atoms with Crippen LogP contribution in [0.3, 0.4) is 0 Å². The second-order valence-corrected chi connectivity index (χ2v) is 12.0. The van der Waals surface area contributed by atoms with Crippen molar-refractivity contribution in [2.24, 2.45) is 7.05 Å². The van der Waals surface area contributed by atoms with E-state index in [1.807, 2.05) is 6.07 Å². The molecule has 4 aromatic rings. The normalized spacial score (nSPS) is 17.9. The number of aromatic nitrogens is 4. The number of nitrogens with zero attached hydrogens (tertiary/aromatic N) is 8. The van der Waals surface area contributed by atoms with Crippen LogP contribution in [0.25, 0.3) is 22.5 Å².